The van der Waals surface area contributed by atoms with Gasteiger partial charge in [0.05, 0.1) is 5.69 Å². The van der Waals surface area contributed by atoms with Crippen molar-refractivity contribution in [1.82, 2.24) is 5.32 Å². The second-order valence-electron chi connectivity index (χ2n) is 4.26. The molecular weight excluding hydrogens is 262 g/mol. The van der Waals surface area contributed by atoms with Crippen LogP contribution in [0.25, 0.3) is 0 Å². The Kier molecular flexibility index (Phi) is 3.51. The highest BCUT2D eigenvalue weighted by Crippen LogP contribution is 2.25. The fourth-order valence-corrected chi connectivity index (χ4v) is 1.94. The highest BCUT2D eigenvalue weighted by atomic mass is 16.2. The number of benzene rings is 1. The predicted octanol–water partition coefficient (Wildman–Crippen LogP) is 0.579. The molecule has 7 nitrogen and oxygen atoms in total. The van der Waals surface area contributed by atoms with E-state index in [-0.39, 0.29) is 5.69 Å². The Morgan fingerprint density at radius 1 is 1.20 bits per heavy atom. The first kappa shape index (κ1) is 13.7. The van der Waals surface area contributed by atoms with Crippen LogP contribution in [-0.2, 0) is 14.4 Å². The van der Waals surface area contributed by atoms with E-state index in [1.54, 1.807) is 25.1 Å². The van der Waals surface area contributed by atoms with Gasteiger partial charge in [-0.1, -0.05) is 0 Å². The molecule has 1 fully saturated rings. The summed E-state index contributed by atoms with van der Waals surface area (Å²) in [6, 6.07) is 4.07. The number of carbonyl (C=O) groups excluding carboxylic acids is 4. The molecule has 0 radical (unpaired) electrons. The first-order chi connectivity index (χ1) is 9.45. The maximum absolute atomic E-state index is 11.8. The van der Waals surface area contributed by atoms with Gasteiger partial charge in [0.1, 0.15) is 0 Å². The molecule has 4 amide bonds. The van der Waals surface area contributed by atoms with Crippen molar-refractivity contribution in [3.63, 3.8) is 0 Å². The maximum Gasteiger partial charge on any atom is 0.336 e. The summed E-state index contributed by atoms with van der Waals surface area (Å²) in [5, 5.41) is 4.93. The summed E-state index contributed by atoms with van der Waals surface area (Å²) in [6.45, 7) is 4.38. The summed E-state index contributed by atoms with van der Waals surface area (Å²) in [7, 11) is 0. The van der Waals surface area contributed by atoms with Crippen LogP contribution < -0.4 is 15.5 Å². The fraction of sp³-hybridized carbons (Fsp3) is 0.231. The number of ketones is 1. The topological polar surface area (TPSA) is 95.6 Å². The van der Waals surface area contributed by atoms with Crippen LogP contribution in [-0.4, -0.2) is 30.2 Å². The largest absolute Gasteiger partial charge is 0.385 e. The number of nitrogens with one attached hydrogen (secondary N) is 2. The SMILES string of the molecule is CCNc1ccc(N2C(=O)NC(=O)C(=O)C2=O)c(C)c1. The van der Waals surface area contributed by atoms with Crippen LogP contribution in [0.5, 0.6) is 0 Å². The molecule has 2 N–H and O–H groups in total. The molecule has 0 unspecified atom stereocenters. The molecule has 0 saturated carbocycles. The zero-order valence-electron chi connectivity index (χ0n) is 11.0. The van der Waals surface area contributed by atoms with E-state index in [1.807, 2.05) is 12.2 Å². The molecule has 20 heavy (non-hydrogen) atoms. The van der Waals surface area contributed by atoms with Gasteiger partial charge < -0.3 is 5.32 Å². The molecule has 1 aromatic rings. The van der Waals surface area contributed by atoms with Gasteiger partial charge >= 0.3 is 23.6 Å². The van der Waals surface area contributed by atoms with E-state index in [0.717, 1.165) is 12.2 Å². The third-order valence-corrected chi connectivity index (χ3v) is 2.85. The van der Waals surface area contributed by atoms with Gasteiger partial charge in [0.2, 0.25) is 0 Å². The monoisotopic (exact) mass is 275 g/mol. The highest BCUT2D eigenvalue weighted by molar-refractivity contribution is 6.70. The van der Waals surface area contributed by atoms with Crippen LogP contribution in [0.3, 0.4) is 0 Å². The van der Waals surface area contributed by atoms with Crippen molar-refractivity contribution in [2.45, 2.75) is 13.8 Å². The van der Waals surface area contributed by atoms with Crippen molar-refractivity contribution in [2.24, 2.45) is 0 Å². The highest BCUT2D eigenvalue weighted by Gasteiger charge is 2.40. The summed E-state index contributed by atoms with van der Waals surface area (Å²) in [6.07, 6.45) is 0. The van der Waals surface area contributed by atoms with Crippen molar-refractivity contribution in [1.29, 1.82) is 0 Å². The van der Waals surface area contributed by atoms with E-state index in [4.69, 9.17) is 0 Å². The molecule has 0 bridgehead atoms. The van der Waals surface area contributed by atoms with Gasteiger partial charge in [-0.25, -0.2) is 9.69 Å². The van der Waals surface area contributed by atoms with Gasteiger partial charge in [0, 0.05) is 12.2 Å². The lowest BCUT2D eigenvalue weighted by atomic mass is 10.1. The third kappa shape index (κ3) is 2.25. The lowest BCUT2D eigenvalue weighted by Crippen LogP contribution is -2.59. The van der Waals surface area contributed by atoms with Crippen molar-refractivity contribution >= 4 is 35.0 Å². The van der Waals surface area contributed by atoms with E-state index in [1.165, 1.54) is 0 Å². The smallest absolute Gasteiger partial charge is 0.336 e. The molecule has 0 spiro atoms. The van der Waals surface area contributed by atoms with Gasteiger partial charge in [-0.05, 0) is 37.6 Å². The van der Waals surface area contributed by atoms with Crippen LogP contribution in [0.15, 0.2) is 18.2 Å². The van der Waals surface area contributed by atoms with E-state index >= 15 is 0 Å². The molecule has 1 aliphatic heterocycles. The summed E-state index contributed by atoms with van der Waals surface area (Å²) in [5.41, 5.74) is 1.74. The van der Waals surface area contributed by atoms with Crippen LogP contribution >= 0.6 is 0 Å². The summed E-state index contributed by atoms with van der Waals surface area (Å²) in [4.78, 5) is 46.6. The van der Waals surface area contributed by atoms with Crippen molar-refractivity contribution in [3.05, 3.63) is 23.8 Å². The Labute approximate surface area is 114 Å². The Morgan fingerprint density at radius 3 is 2.50 bits per heavy atom. The van der Waals surface area contributed by atoms with Gasteiger partial charge in [-0.3, -0.25) is 19.7 Å². The van der Waals surface area contributed by atoms with Crippen LogP contribution in [0, 0.1) is 6.92 Å². The van der Waals surface area contributed by atoms with Gasteiger partial charge in [0.25, 0.3) is 0 Å². The molecule has 1 saturated heterocycles. The number of amides is 4. The first-order valence-electron chi connectivity index (χ1n) is 6.04. The minimum Gasteiger partial charge on any atom is -0.385 e. The van der Waals surface area contributed by atoms with Gasteiger partial charge in [-0.15, -0.1) is 0 Å². The Bertz CT molecular complexity index is 624. The zero-order valence-corrected chi connectivity index (χ0v) is 11.0. The Hall–Kier alpha value is -2.70. The number of nitrogens with zero attached hydrogens (tertiary/aromatic N) is 1. The summed E-state index contributed by atoms with van der Waals surface area (Å²) < 4.78 is 0. The van der Waals surface area contributed by atoms with E-state index < -0.39 is 23.6 Å². The standard InChI is InChI=1S/C13H13N3O4/c1-3-14-8-4-5-9(7(2)6-8)16-12(19)10(17)11(18)15-13(16)20/h4-6,14H,3H2,1-2H3,(H,15,18,20). The molecule has 104 valence electrons. The van der Waals surface area contributed by atoms with Crippen LogP contribution in [0.2, 0.25) is 0 Å². The molecule has 1 aromatic carbocycles. The second-order valence-corrected chi connectivity index (χ2v) is 4.26. The summed E-state index contributed by atoms with van der Waals surface area (Å²) in [5.74, 6) is -3.59. The number of imide groups is 2. The third-order valence-electron chi connectivity index (χ3n) is 2.85. The minimum absolute atomic E-state index is 0.273. The molecule has 1 aliphatic rings. The molecule has 1 heterocycles. The molecule has 7 heteroatoms. The lowest BCUT2D eigenvalue weighted by Gasteiger charge is -2.25. The lowest BCUT2D eigenvalue weighted by molar-refractivity contribution is -0.145. The number of Topliss-reactive ketones (excluding diaryl/α,β-unsaturated/α-hetero) is 1. The zero-order chi connectivity index (χ0) is 14.9. The second kappa shape index (κ2) is 5.12. The average Bonchev–Trinajstić information content (AvgIpc) is 2.39. The fourth-order valence-electron chi connectivity index (χ4n) is 1.94. The van der Waals surface area contributed by atoms with Gasteiger partial charge in [0.15, 0.2) is 0 Å². The number of carbonyl (C=O) groups is 4. The van der Waals surface area contributed by atoms with Crippen LogP contribution in [0.4, 0.5) is 16.2 Å². The van der Waals surface area contributed by atoms with E-state index in [9.17, 15) is 19.2 Å². The predicted molar refractivity (Wildman–Crippen MR) is 71.4 cm³/mol. The molecule has 0 aliphatic carbocycles. The van der Waals surface area contributed by atoms with Gasteiger partial charge in [-0.2, -0.15) is 0 Å². The summed E-state index contributed by atoms with van der Waals surface area (Å²) >= 11 is 0. The van der Waals surface area contributed by atoms with Crippen molar-refractivity contribution < 1.29 is 19.2 Å². The number of hydrogen-bond donors (Lipinski definition) is 2. The van der Waals surface area contributed by atoms with Crippen molar-refractivity contribution in [2.75, 3.05) is 16.8 Å². The number of urea groups is 1. The van der Waals surface area contributed by atoms with Crippen LogP contribution in [0.1, 0.15) is 12.5 Å². The van der Waals surface area contributed by atoms with E-state index in [0.29, 0.717) is 10.5 Å². The number of hydrogen-bond acceptors (Lipinski definition) is 5. The molecule has 0 aromatic heterocycles. The number of barbiturate groups is 1. The molecular formula is C13H13N3O4. The van der Waals surface area contributed by atoms with E-state index in [2.05, 4.69) is 5.32 Å². The van der Waals surface area contributed by atoms with Crippen molar-refractivity contribution in [3.8, 4) is 0 Å². The minimum atomic E-state index is -1.25. The molecule has 2 rings (SSSR count). The Balaban J connectivity index is 2.40. The number of aryl methyl sites for hydroxylation is 1. The Morgan fingerprint density at radius 2 is 1.90 bits per heavy atom. The average molecular weight is 275 g/mol. The molecule has 0 atom stereocenters. The first-order valence-corrected chi connectivity index (χ1v) is 6.04. The quantitative estimate of drug-likeness (QED) is 0.787. The normalized spacial score (nSPS) is 15.4. The number of rotatable bonds is 3. The number of anilines is 2. The maximum atomic E-state index is 11.8.